The highest BCUT2D eigenvalue weighted by Gasteiger charge is 2.39. The molecule has 2 aromatic heterocycles. The van der Waals surface area contributed by atoms with E-state index in [9.17, 15) is 22.8 Å². The number of rotatable bonds is 2. The second-order valence-corrected chi connectivity index (χ2v) is 7.54. The van der Waals surface area contributed by atoms with E-state index in [0.717, 1.165) is 4.52 Å². The van der Waals surface area contributed by atoms with Gasteiger partial charge in [0.2, 0.25) is 0 Å². The van der Waals surface area contributed by atoms with Crippen LogP contribution in [0.2, 0.25) is 0 Å². The van der Waals surface area contributed by atoms with E-state index < -0.39 is 23.3 Å². The number of benzene rings is 2. The lowest BCUT2D eigenvalue weighted by molar-refractivity contribution is -0.140. The third kappa shape index (κ3) is 2.87. The number of H-pyrrole nitrogens is 1. The summed E-state index contributed by atoms with van der Waals surface area (Å²) in [7, 11) is 0. The van der Waals surface area contributed by atoms with E-state index in [-0.39, 0.29) is 34.7 Å². The molecule has 32 heavy (non-hydrogen) atoms. The van der Waals surface area contributed by atoms with Crippen LogP contribution in [0, 0.1) is 6.92 Å². The first kappa shape index (κ1) is 19.9. The van der Waals surface area contributed by atoms with Crippen LogP contribution in [0.3, 0.4) is 0 Å². The van der Waals surface area contributed by atoms with Crippen molar-refractivity contribution in [1.29, 1.82) is 0 Å². The second kappa shape index (κ2) is 6.71. The zero-order chi connectivity index (χ0) is 22.8. The number of aromatic amines is 1. The Hall–Kier alpha value is -4.08. The summed E-state index contributed by atoms with van der Waals surface area (Å²) in [5.41, 5.74) is 5.22. The molecule has 10 heteroatoms. The molecule has 0 saturated heterocycles. The lowest BCUT2D eigenvalue weighted by atomic mass is 10.1. The summed E-state index contributed by atoms with van der Waals surface area (Å²) in [6.45, 7) is 1.59. The van der Waals surface area contributed by atoms with Crippen LogP contribution in [-0.2, 0) is 12.7 Å². The van der Waals surface area contributed by atoms with Gasteiger partial charge in [-0.25, -0.2) is 4.98 Å². The third-order valence-electron chi connectivity index (χ3n) is 5.48. The maximum absolute atomic E-state index is 13.8. The van der Waals surface area contributed by atoms with Gasteiger partial charge in [-0.15, -0.1) is 0 Å². The van der Waals surface area contributed by atoms with Crippen molar-refractivity contribution in [3.05, 3.63) is 81.4 Å². The molecule has 0 radical (unpaired) electrons. The molecule has 162 valence electrons. The molecule has 0 spiro atoms. The predicted molar refractivity (Wildman–Crippen MR) is 112 cm³/mol. The first-order valence-corrected chi connectivity index (χ1v) is 9.65. The number of nitrogen functional groups attached to an aromatic ring is 1. The van der Waals surface area contributed by atoms with Crippen molar-refractivity contribution in [2.24, 2.45) is 0 Å². The fourth-order valence-corrected chi connectivity index (χ4v) is 4.06. The Labute approximate surface area is 178 Å². The minimum atomic E-state index is -4.75. The van der Waals surface area contributed by atoms with E-state index in [1.54, 1.807) is 30.3 Å². The van der Waals surface area contributed by atoms with Crippen molar-refractivity contribution < 1.29 is 18.0 Å². The minimum absolute atomic E-state index is 0.0862. The summed E-state index contributed by atoms with van der Waals surface area (Å²) >= 11 is 0. The van der Waals surface area contributed by atoms with Crippen molar-refractivity contribution in [1.82, 2.24) is 14.6 Å². The van der Waals surface area contributed by atoms with Gasteiger partial charge in [-0.05, 0) is 30.2 Å². The molecule has 2 aromatic carbocycles. The predicted octanol–water partition coefficient (Wildman–Crippen LogP) is 3.76. The highest BCUT2D eigenvalue weighted by atomic mass is 19.4. The molecule has 0 bridgehead atoms. The number of amides is 1. The van der Waals surface area contributed by atoms with Crippen LogP contribution in [0.5, 0.6) is 0 Å². The second-order valence-electron chi connectivity index (χ2n) is 7.54. The lowest BCUT2D eigenvalue weighted by Gasteiger charge is -2.17. The summed E-state index contributed by atoms with van der Waals surface area (Å²) in [5.74, 6) is -0.458. The number of carbonyl (C=O) groups is 1. The van der Waals surface area contributed by atoms with Crippen LogP contribution in [0.25, 0.3) is 16.8 Å². The van der Waals surface area contributed by atoms with Crippen molar-refractivity contribution >= 4 is 22.9 Å². The summed E-state index contributed by atoms with van der Waals surface area (Å²) < 4.78 is 42.3. The van der Waals surface area contributed by atoms with Crippen LogP contribution in [-0.4, -0.2) is 20.5 Å². The maximum Gasteiger partial charge on any atom is 0.433 e. The number of alkyl halides is 3. The quantitative estimate of drug-likeness (QED) is 0.465. The van der Waals surface area contributed by atoms with Crippen molar-refractivity contribution in [2.75, 3.05) is 10.6 Å². The molecule has 1 amide bonds. The minimum Gasteiger partial charge on any atom is -0.399 e. The maximum atomic E-state index is 13.8. The van der Waals surface area contributed by atoms with Gasteiger partial charge in [-0.1, -0.05) is 36.4 Å². The highest BCUT2D eigenvalue weighted by molar-refractivity contribution is 6.10. The summed E-state index contributed by atoms with van der Waals surface area (Å²) in [6, 6.07) is 12.7. The monoisotopic (exact) mass is 439 g/mol. The van der Waals surface area contributed by atoms with Gasteiger partial charge >= 0.3 is 6.18 Å². The topological polar surface area (TPSA) is 96.5 Å². The Kier molecular flexibility index (Phi) is 4.16. The molecule has 0 fully saturated rings. The Morgan fingerprint density at radius 1 is 1.09 bits per heavy atom. The van der Waals surface area contributed by atoms with Gasteiger partial charge in [0.15, 0.2) is 5.65 Å². The molecule has 0 saturated carbocycles. The van der Waals surface area contributed by atoms with Gasteiger partial charge < -0.3 is 5.73 Å². The Morgan fingerprint density at radius 3 is 2.50 bits per heavy atom. The fourth-order valence-electron chi connectivity index (χ4n) is 4.06. The molecule has 7 nitrogen and oxygen atoms in total. The van der Waals surface area contributed by atoms with Gasteiger partial charge in [-0.2, -0.15) is 17.7 Å². The SMILES string of the molecule is Cc1nc2c(-c3ccccc3)c(C(F)(F)F)[nH]n2c(=O)c1N1Cc2ccc(N)cc2C1=O. The van der Waals surface area contributed by atoms with Crippen molar-refractivity contribution in [3.63, 3.8) is 0 Å². The van der Waals surface area contributed by atoms with Crippen molar-refractivity contribution in [2.45, 2.75) is 19.6 Å². The number of nitrogens with one attached hydrogen (secondary N) is 1. The van der Waals surface area contributed by atoms with Crippen LogP contribution in [0.15, 0.2) is 53.3 Å². The van der Waals surface area contributed by atoms with E-state index in [2.05, 4.69) is 10.1 Å². The normalized spacial score (nSPS) is 13.8. The van der Waals surface area contributed by atoms with Crippen LogP contribution in [0.1, 0.15) is 27.3 Å². The smallest absolute Gasteiger partial charge is 0.399 e. The number of hydrogen-bond acceptors (Lipinski definition) is 4. The first-order chi connectivity index (χ1) is 15.2. The van der Waals surface area contributed by atoms with E-state index >= 15 is 0 Å². The first-order valence-electron chi connectivity index (χ1n) is 9.65. The van der Waals surface area contributed by atoms with Crippen LogP contribution < -0.4 is 16.2 Å². The number of halogens is 3. The number of nitrogens with two attached hydrogens (primary N) is 1. The number of hydrogen-bond donors (Lipinski definition) is 2. The van der Waals surface area contributed by atoms with E-state index in [0.29, 0.717) is 16.8 Å². The summed E-state index contributed by atoms with van der Waals surface area (Å²) in [4.78, 5) is 31.8. The molecule has 0 atom stereocenters. The molecule has 5 rings (SSSR count). The van der Waals surface area contributed by atoms with E-state index in [4.69, 9.17) is 5.73 Å². The standard InChI is InChI=1S/C22H16F3N5O2/c1-11-17(29-10-13-7-8-14(26)9-15(13)20(29)31)21(32)30-19(27-11)16(12-5-3-2-4-6-12)18(28-30)22(23,24)25/h2-9,28H,10,26H2,1H3. The number of fused-ring (bicyclic) bond motifs is 2. The summed E-state index contributed by atoms with van der Waals surface area (Å²) in [5, 5.41) is 2.17. The Bertz CT molecular complexity index is 1450. The average Bonchev–Trinajstić information content (AvgIpc) is 3.28. The molecule has 0 unspecified atom stereocenters. The number of aryl methyl sites for hydroxylation is 1. The lowest BCUT2D eigenvalue weighted by Crippen LogP contribution is -2.32. The zero-order valence-corrected chi connectivity index (χ0v) is 16.7. The number of aromatic nitrogens is 3. The zero-order valence-electron chi connectivity index (χ0n) is 16.7. The van der Waals surface area contributed by atoms with Crippen LogP contribution in [0.4, 0.5) is 24.5 Å². The van der Waals surface area contributed by atoms with Gasteiger partial charge in [-0.3, -0.25) is 19.6 Å². The van der Waals surface area contributed by atoms with Gasteiger partial charge in [0, 0.05) is 11.3 Å². The van der Waals surface area contributed by atoms with Crippen molar-refractivity contribution in [3.8, 4) is 11.1 Å². The molecule has 1 aliphatic heterocycles. The number of anilines is 2. The molecule has 1 aliphatic rings. The van der Waals surface area contributed by atoms with E-state index in [1.807, 2.05) is 0 Å². The number of nitrogens with zero attached hydrogens (tertiary/aromatic N) is 3. The Morgan fingerprint density at radius 2 is 1.81 bits per heavy atom. The molecule has 0 aliphatic carbocycles. The molecular weight excluding hydrogens is 423 g/mol. The summed E-state index contributed by atoms with van der Waals surface area (Å²) in [6.07, 6.45) is -4.75. The molecule has 4 aromatic rings. The van der Waals surface area contributed by atoms with E-state index in [1.165, 1.54) is 30.0 Å². The van der Waals surface area contributed by atoms with Gasteiger partial charge in [0.1, 0.15) is 11.4 Å². The third-order valence-corrected chi connectivity index (χ3v) is 5.48. The molecule has 3 N–H and O–H groups in total. The molecular formula is C22H16F3N5O2. The highest BCUT2D eigenvalue weighted by Crippen LogP contribution is 2.38. The van der Waals surface area contributed by atoms with Crippen LogP contribution >= 0.6 is 0 Å². The molecule has 3 heterocycles. The Balaban J connectivity index is 1.75. The van der Waals surface area contributed by atoms with Gasteiger partial charge in [0.05, 0.1) is 17.8 Å². The number of carbonyl (C=O) groups excluding carboxylic acids is 1. The van der Waals surface area contributed by atoms with Gasteiger partial charge in [0.25, 0.3) is 11.5 Å². The fraction of sp³-hybridized carbons (Fsp3) is 0.136. The average molecular weight is 439 g/mol. The largest absolute Gasteiger partial charge is 0.433 e.